The molecule has 1 saturated heterocycles. The molecule has 2 aromatic heterocycles. The van der Waals surface area contributed by atoms with Gasteiger partial charge in [0.1, 0.15) is 0 Å². The number of piperazine rings is 1. The van der Waals surface area contributed by atoms with E-state index >= 15 is 0 Å². The fourth-order valence-corrected chi connectivity index (χ4v) is 6.22. The topological polar surface area (TPSA) is 72.4 Å². The normalized spacial score (nSPS) is 30.2. The summed E-state index contributed by atoms with van der Waals surface area (Å²) < 4.78 is 32.1. The molecule has 0 aromatic carbocycles. The van der Waals surface area contributed by atoms with Crippen LogP contribution in [-0.2, 0) is 0 Å². The maximum absolute atomic E-state index is 12.7. The monoisotopic (exact) mass is 460 g/mol. The minimum Gasteiger partial charge on any atom is -0.431 e. The smallest absolute Gasteiger partial charge is 0.387 e. The van der Waals surface area contributed by atoms with Crippen molar-refractivity contribution in [1.29, 1.82) is 0 Å². The van der Waals surface area contributed by atoms with Crippen molar-refractivity contribution in [1.82, 2.24) is 24.6 Å². The Kier molecular flexibility index (Phi) is 5.81. The second kappa shape index (κ2) is 8.51. The lowest BCUT2D eigenvalue weighted by Gasteiger charge is -2.42. The van der Waals surface area contributed by atoms with Gasteiger partial charge in [0.2, 0.25) is 0 Å². The number of anilines is 1. The van der Waals surface area contributed by atoms with Gasteiger partial charge in [0.05, 0.1) is 5.69 Å². The van der Waals surface area contributed by atoms with Gasteiger partial charge in [0, 0.05) is 61.1 Å². The van der Waals surface area contributed by atoms with Crippen molar-refractivity contribution < 1.29 is 13.5 Å². The molecule has 0 spiro atoms. The summed E-state index contributed by atoms with van der Waals surface area (Å²) in [4.78, 5) is 9.19. The molecule has 3 heterocycles. The van der Waals surface area contributed by atoms with Gasteiger partial charge in [-0.3, -0.25) is 9.58 Å². The van der Waals surface area contributed by atoms with Crippen molar-refractivity contribution in [3.05, 3.63) is 24.0 Å². The summed E-state index contributed by atoms with van der Waals surface area (Å²) in [6.45, 7) is 7.11. The van der Waals surface area contributed by atoms with Crippen molar-refractivity contribution in [2.75, 3.05) is 32.4 Å². The Balaban J connectivity index is 1.34. The molecule has 2 saturated carbocycles. The van der Waals surface area contributed by atoms with Gasteiger partial charge < -0.3 is 15.4 Å². The predicted octanol–water partition coefficient (Wildman–Crippen LogP) is 3.84. The standard InChI is InChI=1S/C24H34F2N6O/c1-13(2)32-20(10-19(29-32)15-7-21(33-24(25)26)23(27)28-11-15)22-17-8-16(9-18(17)22)31-6-5-30(4)12-14(31)3/h7,10-11,13-14,16-18,22,24H,5-6,8-9,12H2,1-4H3,(H2,27,28)/t14-,16?,17-,18+,22?/m0/s1. The van der Waals surface area contributed by atoms with Crippen LogP contribution in [0.3, 0.4) is 0 Å². The summed E-state index contributed by atoms with van der Waals surface area (Å²) in [5, 5.41) is 4.82. The fraction of sp³-hybridized carbons (Fsp3) is 0.667. The zero-order chi connectivity index (χ0) is 23.4. The first kappa shape index (κ1) is 22.5. The number of hydrogen-bond acceptors (Lipinski definition) is 6. The molecule has 3 aliphatic rings. The minimum absolute atomic E-state index is 0.0523. The molecule has 180 valence electrons. The summed E-state index contributed by atoms with van der Waals surface area (Å²) in [7, 11) is 2.21. The maximum Gasteiger partial charge on any atom is 0.387 e. The second-order valence-corrected chi connectivity index (χ2v) is 10.3. The van der Waals surface area contributed by atoms with E-state index in [1.165, 1.54) is 24.6 Å². The summed E-state index contributed by atoms with van der Waals surface area (Å²) in [6, 6.07) is 5.12. The summed E-state index contributed by atoms with van der Waals surface area (Å²) in [5.41, 5.74) is 8.31. The molecule has 2 aromatic rings. The van der Waals surface area contributed by atoms with E-state index < -0.39 is 6.61 Å². The zero-order valence-corrected chi connectivity index (χ0v) is 19.8. The van der Waals surface area contributed by atoms with E-state index in [2.05, 4.69) is 58.1 Å². The van der Waals surface area contributed by atoms with Gasteiger partial charge in [0.15, 0.2) is 11.6 Å². The van der Waals surface area contributed by atoms with E-state index in [-0.39, 0.29) is 17.6 Å². The Bertz CT molecular complexity index is 999. The molecule has 5 rings (SSSR count). The van der Waals surface area contributed by atoms with E-state index in [9.17, 15) is 8.78 Å². The average molecular weight is 461 g/mol. The number of halogens is 2. The maximum atomic E-state index is 12.7. The van der Waals surface area contributed by atoms with Crippen molar-refractivity contribution in [2.45, 2.75) is 64.3 Å². The number of fused-ring (bicyclic) bond motifs is 1. The molecule has 5 atom stereocenters. The Morgan fingerprint density at radius 2 is 1.88 bits per heavy atom. The van der Waals surface area contributed by atoms with Gasteiger partial charge in [0.25, 0.3) is 0 Å². The third kappa shape index (κ3) is 4.21. The van der Waals surface area contributed by atoms with Crippen LogP contribution in [0.1, 0.15) is 51.3 Å². The van der Waals surface area contributed by atoms with E-state index in [1.807, 2.05) is 0 Å². The first-order chi connectivity index (χ1) is 15.7. The van der Waals surface area contributed by atoms with Crippen LogP contribution in [0, 0.1) is 11.8 Å². The highest BCUT2D eigenvalue weighted by Gasteiger charge is 2.59. The number of nitrogens with two attached hydrogens (primary N) is 1. The van der Waals surface area contributed by atoms with E-state index in [0.717, 1.165) is 25.3 Å². The van der Waals surface area contributed by atoms with Crippen LogP contribution in [0.5, 0.6) is 5.75 Å². The van der Waals surface area contributed by atoms with Gasteiger partial charge in [-0.25, -0.2) is 4.98 Å². The number of nitrogen functional groups attached to an aromatic ring is 1. The Labute approximate surface area is 193 Å². The molecule has 0 amide bonds. The molecule has 2 unspecified atom stereocenters. The molecule has 2 N–H and O–H groups in total. The quantitative estimate of drug-likeness (QED) is 0.706. The number of rotatable bonds is 6. The number of hydrogen-bond donors (Lipinski definition) is 1. The second-order valence-electron chi connectivity index (χ2n) is 10.3. The van der Waals surface area contributed by atoms with Crippen LogP contribution in [0.15, 0.2) is 18.3 Å². The molecule has 9 heteroatoms. The molecule has 2 aliphatic carbocycles. The van der Waals surface area contributed by atoms with Crippen LogP contribution in [0.4, 0.5) is 14.6 Å². The van der Waals surface area contributed by atoms with Crippen molar-refractivity contribution >= 4 is 5.82 Å². The Hall–Kier alpha value is -2.26. The largest absolute Gasteiger partial charge is 0.431 e. The van der Waals surface area contributed by atoms with Gasteiger partial charge in [-0.05, 0) is 64.6 Å². The summed E-state index contributed by atoms with van der Waals surface area (Å²) in [6.07, 6.45) is 4.07. The van der Waals surface area contributed by atoms with E-state index in [1.54, 1.807) is 6.20 Å². The lowest BCUT2D eigenvalue weighted by molar-refractivity contribution is -0.0494. The highest BCUT2D eigenvalue weighted by molar-refractivity contribution is 5.64. The molecular formula is C24H34F2N6O. The molecular weight excluding hydrogens is 426 g/mol. The third-order valence-electron chi connectivity index (χ3n) is 7.76. The number of alkyl halides is 2. The first-order valence-electron chi connectivity index (χ1n) is 12.0. The van der Waals surface area contributed by atoms with Gasteiger partial charge in [-0.15, -0.1) is 0 Å². The molecule has 0 radical (unpaired) electrons. The van der Waals surface area contributed by atoms with Crippen LogP contribution in [0.25, 0.3) is 11.3 Å². The highest BCUT2D eigenvalue weighted by atomic mass is 19.3. The lowest BCUT2D eigenvalue weighted by Crippen LogP contribution is -2.54. The van der Waals surface area contributed by atoms with Crippen LogP contribution in [-0.4, -0.2) is 69.9 Å². The fourth-order valence-electron chi connectivity index (χ4n) is 6.22. The van der Waals surface area contributed by atoms with Crippen LogP contribution < -0.4 is 10.5 Å². The SMILES string of the molecule is CC(C)n1nc(-c2cnc(N)c(OC(F)F)c2)cc1C1[C@H]2CC(N3CCN(C)C[C@@H]3C)C[C@@H]12. The molecule has 3 fully saturated rings. The van der Waals surface area contributed by atoms with Crippen molar-refractivity contribution in [3.8, 4) is 17.0 Å². The van der Waals surface area contributed by atoms with Crippen molar-refractivity contribution in [2.24, 2.45) is 11.8 Å². The summed E-state index contributed by atoms with van der Waals surface area (Å²) >= 11 is 0. The number of ether oxygens (including phenoxy) is 1. The predicted molar refractivity (Wildman–Crippen MR) is 123 cm³/mol. The van der Waals surface area contributed by atoms with Crippen LogP contribution in [0.2, 0.25) is 0 Å². The number of likely N-dealkylation sites (N-methyl/N-ethyl adjacent to an activating group) is 1. The van der Waals surface area contributed by atoms with Crippen molar-refractivity contribution in [3.63, 3.8) is 0 Å². The Morgan fingerprint density at radius 1 is 1.15 bits per heavy atom. The third-order valence-corrected chi connectivity index (χ3v) is 7.76. The van der Waals surface area contributed by atoms with Gasteiger partial charge in [-0.1, -0.05) is 0 Å². The van der Waals surface area contributed by atoms with Crippen LogP contribution >= 0.6 is 0 Å². The van der Waals surface area contributed by atoms with E-state index in [0.29, 0.717) is 35.4 Å². The molecule has 7 nitrogen and oxygen atoms in total. The lowest BCUT2D eigenvalue weighted by atomic mass is 10.00. The average Bonchev–Trinajstić information content (AvgIpc) is 3.09. The number of pyridine rings is 1. The van der Waals surface area contributed by atoms with Gasteiger partial charge >= 0.3 is 6.61 Å². The van der Waals surface area contributed by atoms with E-state index in [4.69, 9.17) is 10.8 Å². The first-order valence-corrected chi connectivity index (χ1v) is 12.0. The molecule has 1 aliphatic heterocycles. The summed E-state index contributed by atoms with van der Waals surface area (Å²) in [5.74, 6) is 1.75. The number of aromatic nitrogens is 3. The van der Waals surface area contributed by atoms with Gasteiger partial charge in [-0.2, -0.15) is 13.9 Å². The zero-order valence-electron chi connectivity index (χ0n) is 19.8. The Morgan fingerprint density at radius 3 is 2.52 bits per heavy atom. The minimum atomic E-state index is -2.95. The molecule has 33 heavy (non-hydrogen) atoms. The number of nitrogens with zero attached hydrogens (tertiary/aromatic N) is 5. The highest BCUT2D eigenvalue weighted by Crippen LogP contribution is 2.64. The molecule has 0 bridgehead atoms.